The summed E-state index contributed by atoms with van der Waals surface area (Å²) in [4.78, 5) is 0. The fourth-order valence-electron chi connectivity index (χ4n) is 2.45. The molecule has 2 aromatic carbocycles. The van der Waals surface area contributed by atoms with Crippen molar-refractivity contribution < 1.29 is 9.47 Å². The Hall–Kier alpha value is -2.16. The normalized spacial score (nSPS) is 11.8. The van der Waals surface area contributed by atoms with Gasteiger partial charge in [0.2, 0.25) is 0 Å². The highest BCUT2D eigenvalue weighted by Crippen LogP contribution is 2.27. The SMILES string of the molecule is COc1ccccc1CC(C)Nc1cc(C)ccc1OC. The standard InChI is InChI=1S/C18H23NO2/c1-13-9-10-18(21-4)16(11-13)19-14(2)12-15-7-5-6-8-17(15)20-3/h5-11,14,19H,12H2,1-4H3. The minimum Gasteiger partial charge on any atom is -0.496 e. The van der Waals surface area contributed by atoms with Crippen molar-refractivity contribution >= 4 is 5.69 Å². The van der Waals surface area contributed by atoms with Crippen molar-refractivity contribution in [3.8, 4) is 11.5 Å². The second kappa shape index (κ2) is 7.02. The molecule has 1 atom stereocenters. The number of anilines is 1. The van der Waals surface area contributed by atoms with Gasteiger partial charge in [-0.3, -0.25) is 0 Å². The van der Waals surface area contributed by atoms with Crippen molar-refractivity contribution in [2.75, 3.05) is 19.5 Å². The van der Waals surface area contributed by atoms with Crippen molar-refractivity contribution in [3.63, 3.8) is 0 Å². The zero-order chi connectivity index (χ0) is 15.2. The van der Waals surface area contributed by atoms with E-state index in [1.807, 2.05) is 24.3 Å². The first kappa shape index (κ1) is 15.2. The Morgan fingerprint density at radius 3 is 2.43 bits per heavy atom. The molecular weight excluding hydrogens is 262 g/mol. The summed E-state index contributed by atoms with van der Waals surface area (Å²) in [5.41, 5.74) is 3.44. The summed E-state index contributed by atoms with van der Waals surface area (Å²) >= 11 is 0. The van der Waals surface area contributed by atoms with E-state index in [9.17, 15) is 0 Å². The molecule has 2 aromatic rings. The van der Waals surface area contributed by atoms with Crippen molar-refractivity contribution in [1.29, 1.82) is 0 Å². The summed E-state index contributed by atoms with van der Waals surface area (Å²) in [6, 6.07) is 14.6. The molecule has 0 bridgehead atoms. The van der Waals surface area contributed by atoms with Gasteiger partial charge in [-0.1, -0.05) is 24.3 Å². The summed E-state index contributed by atoms with van der Waals surface area (Å²) in [5, 5.41) is 3.52. The van der Waals surface area contributed by atoms with Gasteiger partial charge in [0, 0.05) is 6.04 Å². The third-order valence-electron chi connectivity index (χ3n) is 3.48. The van der Waals surface area contributed by atoms with Crippen molar-refractivity contribution in [1.82, 2.24) is 0 Å². The van der Waals surface area contributed by atoms with Gasteiger partial charge >= 0.3 is 0 Å². The molecule has 0 aromatic heterocycles. The number of methoxy groups -OCH3 is 2. The first-order valence-electron chi connectivity index (χ1n) is 7.17. The first-order valence-corrected chi connectivity index (χ1v) is 7.17. The summed E-state index contributed by atoms with van der Waals surface area (Å²) in [5.74, 6) is 1.80. The lowest BCUT2D eigenvalue weighted by molar-refractivity contribution is 0.408. The molecule has 0 radical (unpaired) electrons. The average Bonchev–Trinajstić information content (AvgIpc) is 2.48. The molecule has 0 aliphatic heterocycles. The molecule has 3 nitrogen and oxygen atoms in total. The first-order chi connectivity index (χ1) is 10.1. The predicted molar refractivity (Wildman–Crippen MR) is 87.5 cm³/mol. The van der Waals surface area contributed by atoms with Gasteiger partial charge in [-0.05, 0) is 49.6 Å². The lowest BCUT2D eigenvalue weighted by atomic mass is 10.1. The van der Waals surface area contributed by atoms with Crippen LogP contribution in [0.2, 0.25) is 0 Å². The molecule has 2 rings (SSSR count). The average molecular weight is 285 g/mol. The smallest absolute Gasteiger partial charge is 0.141 e. The third-order valence-corrected chi connectivity index (χ3v) is 3.48. The Kier molecular flexibility index (Phi) is 5.09. The number of benzene rings is 2. The fourth-order valence-corrected chi connectivity index (χ4v) is 2.45. The van der Waals surface area contributed by atoms with Gasteiger partial charge < -0.3 is 14.8 Å². The van der Waals surface area contributed by atoms with E-state index in [-0.39, 0.29) is 6.04 Å². The number of aryl methyl sites for hydroxylation is 1. The van der Waals surface area contributed by atoms with E-state index >= 15 is 0 Å². The predicted octanol–water partition coefficient (Wildman–Crippen LogP) is 4.06. The van der Waals surface area contributed by atoms with Gasteiger partial charge in [0.25, 0.3) is 0 Å². The molecule has 0 amide bonds. The second-order valence-corrected chi connectivity index (χ2v) is 5.27. The van der Waals surface area contributed by atoms with E-state index in [4.69, 9.17) is 9.47 Å². The molecule has 0 saturated carbocycles. The highest BCUT2D eigenvalue weighted by molar-refractivity contribution is 5.58. The topological polar surface area (TPSA) is 30.5 Å². The van der Waals surface area contributed by atoms with Crippen LogP contribution in [0.5, 0.6) is 11.5 Å². The molecule has 1 unspecified atom stereocenters. The van der Waals surface area contributed by atoms with Crippen LogP contribution in [0.4, 0.5) is 5.69 Å². The fraction of sp³-hybridized carbons (Fsp3) is 0.333. The molecule has 112 valence electrons. The maximum atomic E-state index is 5.41. The molecule has 0 heterocycles. The maximum Gasteiger partial charge on any atom is 0.141 e. The molecule has 0 fully saturated rings. The minimum absolute atomic E-state index is 0.275. The molecule has 1 N–H and O–H groups in total. The van der Waals surface area contributed by atoms with Crippen molar-refractivity contribution in [2.45, 2.75) is 26.3 Å². The van der Waals surface area contributed by atoms with Gasteiger partial charge in [0.15, 0.2) is 0 Å². The number of para-hydroxylation sites is 1. The van der Waals surface area contributed by atoms with Gasteiger partial charge in [-0.2, -0.15) is 0 Å². The van der Waals surface area contributed by atoms with Crippen molar-refractivity contribution in [2.24, 2.45) is 0 Å². The van der Waals surface area contributed by atoms with Gasteiger partial charge in [0.05, 0.1) is 19.9 Å². The van der Waals surface area contributed by atoms with Crippen LogP contribution in [0.15, 0.2) is 42.5 Å². The summed E-state index contributed by atoms with van der Waals surface area (Å²) in [6.07, 6.45) is 0.890. The Labute approximate surface area is 126 Å². The zero-order valence-corrected chi connectivity index (χ0v) is 13.1. The molecule has 21 heavy (non-hydrogen) atoms. The number of ether oxygens (including phenoxy) is 2. The van der Waals surface area contributed by atoms with Crippen LogP contribution >= 0.6 is 0 Å². The Bertz CT molecular complexity index is 596. The maximum absolute atomic E-state index is 5.41. The molecule has 3 heteroatoms. The van der Waals surface area contributed by atoms with E-state index in [1.165, 1.54) is 11.1 Å². The van der Waals surface area contributed by atoms with E-state index in [2.05, 4.69) is 37.4 Å². The second-order valence-electron chi connectivity index (χ2n) is 5.27. The quantitative estimate of drug-likeness (QED) is 0.868. The molecule has 0 aliphatic rings. The van der Waals surface area contributed by atoms with E-state index < -0.39 is 0 Å². The van der Waals surface area contributed by atoms with Crippen LogP contribution in [0.3, 0.4) is 0 Å². The number of rotatable bonds is 6. The minimum atomic E-state index is 0.275. The van der Waals surface area contributed by atoms with Crippen LogP contribution in [0, 0.1) is 6.92 Å². The highest BCUT2D eigenvalue weighted by Gasteiger charge is 2.10. The van der Waals surface area contributed by atoms with Crippen molar-refractivity contribution in [3.05, 3.63) is 53.6 Å². The molecule has 0 aliphatic carbocycles. The lowest BCUT2D eigenvalue weighted by Crippen LogP contribution is -2.19. The molecule has 0 saturated heterocycles. The number of hydrogen-bond donors (Lipinski definition) is 1. The number of nitrogens with one attached hydrogen (secondary N) is 1. The van der Waals surface area contributed by atoms with Gasteiger partial charge in [-0.15, -0.1) is 0 Å². The van der Waals surface area contributed by atoms with E-state index in [0.29, 0.717) is 0 Å². The number of hydrogen-bond acceptors (Lipinski definition) is 3. The molecule has 0 spiro atoms. The summed E-state index contributed by atoms with van der Waals surface area (Å²) in [7, 11) is 3.40. The lowest BCUT2D eigenvalue weighted by Gasteiger charge is -2.19. The van der Waals surface area contributed by atoms with Crippen LogP contribution in [-0.4, -0.2) is 20.3 Å². The highest BCUT2D eigenvalue weighted by atomic mass is 16.5. The van der Waals surface area contributed by atoms with E-state index in [0.717, 1.165) is 23.6 Å². The summed E-state index contributed by atoms with van der Waals surface area (Å²) in [6.45, 7) is 4.24. The Balaban J connectivity index is 2.11. The van der Waals surface area contributed by atoms with Crippen LogP contribution in [-0.2, 0) is 6.42 Å². The molecular formula is C18H23NO2. The largest absolute Gasteiger partial charge is 0.496 e. The van der Waals surface area contributed by atoms with Gasteiger partial charge in [-0.25, -0.2) is 0 Å². The zero-order valence-electron chi connectivity index (χ0n) is 13.1. The Morgan fingerprint density at radius 1 is 1.00 bits per heavy atom. The third kappa shape index (κ3) is 3.91. The summed E-state index contributed by atoms with van der Waals surface area (Å²) < 4.78 is 10.8. The van der Waals surface area contributed by atoms with Crippen LogP contribution in [0.1, 0.15) is 18.1 Å². The Morgan fingerprint density at radius 2 is 1.71 bits per heavy atom. The van der Waals surface area contributed by atoms with Gasteiger partial charge in [0.1, 0.15) is 11.5 Å². The monoisotopic (exact) mass is 285 g/mol. The van der Waals surface area contributed by atoms with Crippen LogP contribution < -0.4 is 14.8 Å². The van der Waals surface area contributed by atoms with Crippen LogP contribution in [0.25, 0.3) is 0 Å². The van der Waals surface area contributed by atoms with E-state index in [1.54, 1.807) is 14.2 Å².